The zero-order valence-corrected chi connectivity index (χ0v) is 12.7. The summed E-state index contributed by atoms with van der Waals surface area (Å²) in [5, 5.41) is 11.3. The van der Waals surface area contributed by atoms with E-state index >= 15 is 0 Å². The van der Waals surface area contributed by atoms with Crippen LogP contribution >= 0.6 is 11.6 Å². The van der Waals surface area contributed by atoms with E-state index < -0.39 is 0 Å². The lowest BCUT2D eigenvalue weighted by Crippen LogP contribution is -2.20. The van der Waals surface area contributed by atoms with E-state index in [0.717, 1.165) is 27.1 Å². The van der Waals surface area contributed by atoms with E-state index in [1.807, 2.05) is 50.6 Å². The van der Waals surface area contributed by atoms with Crippen molar-refractivity contribution in [1.29, 1.82) is 0 Å². The molecule has 1 heterocycles. The molecule has 3 nitrogen and oxygen atoms in total. The summed E-state index contributed by atoms with van der Waals surface area (Å²) in [6.07, 6.45) is 2.01. The van der Waals surface area contributed by atoms with E-state index in [2.05, 4.69) is 9.88 Å². The van der Waals surface area contributed by atoms with Crippen LogP contribution in [0.25, 0.3) is 10.9 Å². The number of aromatic hydroxyl groups is 1. The lowest BCUT2D eigenvalue weighted by Gasteiger charge is -2.25. The highest BCUT2D eigenvalue weighted by molar-refractivity contribution is 6.35. The van der Waals surface area contributed by atoms with Gasteiger partial charge >= 0.3 is 0 Å². The van der Waals surface area contributed by atoms with Crippen LogP contribution in [0, 0.1) is 0 Å². The zero-order chi connectivity index (χ0) is 15.0. The summed E-state index contributed by atoms with van der Waals surface area (Å²) >= 11 is 6.39. The van der Waals surface area contributed by atoms with Gasteiger partial charge in [-0.1, -0.05) is 29.8 Å². The van der Waals surface area contributed by atoms with Gasteiger partial charge in [0.2, 0.25) is 0 Å². The molecule has 1 atom stereocenters. The Morgan fingerprint density at radius 3 is 2.48 bits per heavy atom. The minimum atomic E-state index is 0.0688. The molecule has 0 aliphatic heterocycles. The number of aromatic nitrogens is 1. The first-order chi connectivity index (χ1) is 10.1. The number of hydrogen-bond donors (Lipinski definition) is 2. The maximum absolute atomic E-state index is 9.48. The Hall–Kier alpha value is -1.97. The fraction of sp³-hybridized carbons (Fsp3) is 0.176. The number of halogens is 1. The van der Waals surface area contributed by atoms with Crippen LogP contribution in [-0.4, -0.2) is 29.1 Å². The van der Waals surface area contributed by atoms with Crippen molar-refractivity contribution in [2.45, 2.75) is 6.04 Å². The van der Waals surface area contributed by atoms with Crippen LogP contribution in [0.15, 0.2) is 48.7 Å². The summed E-state index contributed by atoms with van der Waals surface area (Å²) in [4.78, 5) is 5.42. The summed E-state index contributed by atoms with van der Waals surface area (Å²) in [6.45, 7) is 0. The smallest absolute Gasteiger partial charge is 0.115 e. The molecule has 0 spiro atoms. The third-order valence-corrected chi connectivity index (χ3v) is 4.02. The van der Waals surface area contributed by atoms with Gasteiger partial charge < -0.3 is 10.1 Å². The maximum atomic E-state index is 9.48. The number of nitrogens with zero attached hydrogens (tertiary/aromatic N) is 1. The number of H-pyrrole nitrogens is 1. The number of hydrogen-bond acceptors (Lipinski definition) is 2. The van der Waals surface area contributed by atoms with Gasteiger partial charge in [0.25, 0.3) is 0 Å². The molecular weight excluding hydrogens is 284 g/mol. The molecular formula is C17H17ClN2O. The normalized spacial score (nSPS) is 13.0. The monoisotopic (exact) mass is 300 g/mol. The molecule has 1 aromatic heterocycles. The number of rotatable bonds is 3. The largest absolute Gasteiger partial charge is 0.508 e. The molecule has 0 amide bonds. The highest BCUT2D eigenvalue weighted by Gasteiger charge is 2.21. The number of phenolic OH excluding ortho intramolecular Hbond substituents is 1. The van der Waals surface area contributed by atoms with Gasteiger partial charge in [0, 0.05) is 22.7 Å². The number of aromatic amines is 1. The average Bonchev–Trinajstić information content (AvgIpc) is 2.86. The maximum Gasteiger partial charge on any atom is 0.115 e. The van der Waals surface area contributed by atoms with Gasteiger partial charge in [-0.15, -0.1) is 0 Å². The summed E-state index contributed by atoms with van der Waals surface area (Å²) in [6, 6.07) is 13.2. The van der Waals surface area contributed by atoms with Crippen molar-refractivity contribution in [2.75, 3.05) is 14.1 Å². The standard InChI is InChI=1S/C17H17ClN2O/c1-20(2)17(11-6-8-12(21)9-7-11)13-10-19-15-5-3-4-14(18)16(13)15/h3-10,17,19,21H,1-2H3. The van der Waals surface area contributed by atoms with Crippen molar-refractivity contribution in [3.05, 3.63) is 64.8 Å². The molecule has 4 heteroatoms. The van der Waals surface area contributed by atoms with Crippen molar-refractivity contribution in [1.82, 2.24) is 9.88 Å². The summed E-state index contributed by atoms with van der Waals surface area (Å²) in [5.74, 6) is 0.271. The first kappa shape index (κ1) is 14.0. The topological polar surface area (TPSA) is 39.3 Å². The van der Waals surface area contributed by atoms with E-state index in [1.54, 1.807) is 12.1 Å². The lowest BCUT2D eigenvalue weighted by molar-refractivity contribution is 0.343. The number of nitrogens with one attached hydrogen (secondary N) is 1. The molecule has 1 unspecified atom stereocenters. The Morgan fingerprint density at radius 2 is 1.81 bits per heavy atom. The fourth-order valence-corrected chi connectivity index (χ4v) is 3.08. The minimum Gasteiger partial charge on any atom is -0.508 e. The molecule has 2 N–H and O–H groups in total. The molecule has 108 valence electrons. The van der Waals surface area contributed by atoms with E-state index in [4.69, 9.17) is 11.6 Å². The predicted molar refractivity (Wildman–Crippen MR) is 86.9 cm³/mol. The van der Waals surface area contributed by atoms with Crippen LogP contribution in [0.1, 0.15) is 17.2 Å². The second kappa shape index (κ2) is 5.43. The number of benzene rings is 2. The molecule has 3 rings (SSSR count). The summed E-state index contributed by atoms with van der Waals surface area (Å²) < 4.78 is 0. The van der Waals surface area contributed by atoms with Crippen molar-refractivity contribution in [3.8, 4) is 5.75 Å². The average molecular weight is 301 g/mol. The van der Waals surface area contributed by atoms with Gasteiger partial charge in [0.1, 0.15) is 5.75 Å². The summed E-state index contributed by atoms with van der Waals surface area (Å²) in [5.41, 5.74) is 3.27. The van der Waals surface area contributed by atoms with Crippen LogP contribution < -0.4 is 0 Å². The van der Waals surface area contributed by atoms with E-state index in [9.17, 15) is 5.11 Å². The van der Waals surface area contributed by atoms with Crippen LogP contribution in [0.3, 0.4) is 0 Å². The molecule has 0 saturated carbocycles. The molecule has 0 bridgehead atoms. The minimum absolute atomic E-state index is 0.0688. The van der Waals surface area contributed by atoms with Crippen LogP contribution in [0.2, 0.25) is 5.02 Å². The van der Waals surface area contributed by atoms with Gasteiger partial charge in [-0.25, -0.2) is 0 Å². The Balaban J connectivity index is 2.18. The van der Waals surface area contributed by atoms with Gasteiger partial charge in [-0.3, -0.25) is 4.90 Å². The first-order valence-electron chi connectivity index (χ1n) is 6.79. The second-order valence-electron chi connectivity index (χ2n) is 5.36. The fourth-order valence-electron chi connectivity index (χ4n) is 2.79. The quantitative estimate of drug-likeness (QED) is 0.762. The Bertz CT molecular complexity index is 762. The number of phenols is 1. The SMILES string of the molecule is CN(C)C(c1ccc(O)cc1)c1c[nH]c2cccc(Cl)c12. The van der Waals surface area contributed by atoms with Gasteiger partial charge in [0.05, 0.1) is 11.1 Å². The van der Waals surface area contributed by atoms with Crippen molar-refractivity contribution < 1.29 is 5.11 Å². The first-order valence-corrected chi connectivity index (χ1v) is 7.16. The highest BCUT2D eigenvalue weighted by Crippen LogP contribution is 2.36. The van der Waals surface area contributed by atoms with E-state index in [-0.39, 0.29) is 11.8 Å². The molecule has 0 saturated heterocycles. The van der Waals surface area contributed by atoms with Crippen LogP contribution in [-0.2, 0) is 0 Å². The zero-order valence-electron chi connectivity index (χ0n) is 12.0. The third kappa shape index (κ3) is 2.50. The molecule has 3 aromatic rings. The van der Waals surface area contributed by atoms with Gasteiger partial charge in [0.15, 0.2) is 0 Å². The van der Waals surface area contributed by atoms with E-state index in [0.29, 0.717) is 0 Å². The third-order valence-electron chi connectivity index (χ3n) is 3.71. The summed E-state index contributed by atoms with van der Waals surface area (Å²) in [7, 11) is 4.07. The lowest BCUT2D eigenvalue weighted by atomic mass is 9.97. The molecule has 0 radical (unpaired) electrons. The van der Waals surface area contributed by atoms with Gasteiger partial charge in [-0.2, -0.15) is 0 Å². The Morgan fingerprint density at radius 1 is 1.10 bits per heavy atom. The van der Waals surface area contributed by atoms with Crippen molar-refractivity contribution in [3.63, 3.8) is 0 Å². The molecule has 0 aliphatic carbocycles. The van der Waals surface area contributed by atoms with Crippen LogP contribution in [0.5, 0.6) is 5.75 Å². The second-order valence-corrected chi connectivity index (χ2v) is 5.77. The Kier molecular flexibility index (Phi) is 3.62. The van der Waals surface area contributed by atoms with Gasteiger partial charge in [-0.05, 0) is 43.9 Å². The molecule has 0 aliphatic rings. The van der Waals surface area contributed by atoms with E-state index in [1.165, 1.54) is 0 Å². The molecule has 2 aromatic carbocycles. The van der Waals surface area contributed by atoms with Crippen molar-refractivity contribution >= 4 is 22.5 Å². The van der Waals surface area contributed by atoms with Crippen molar-refractivity contribution in [2.24, 2.45) is 0 Å². The molecule has 21 heavy (non-hydrogen) atoms. The Labute approximate surface area is 128 Å². The van der Waals surface area contributed by atoms with Crippen LogP contribution in [0.4, 0.5) is 0 Å². The predicted octanol–water partition coefficient (Wildman–Crippen LogP) is 4.18. The molecule has 0 fully saturated rings. The number of fused-ring (bicyclic) bond motifs is 1. The highest BCUT2D eigenvalue weighted by atomic mass is 35.5.